The Hall–Kier alpha value is -2.15. The van der Waals surface area contributed by atoms with Gasteiger partial charge in [-0.3, -0.25) is 9.59 Å². The Balaban J connectivity index is 1.38. The monoisotopic (exact) mass is 344 g/mol. The summed E-state index contributed by atoms with van der Waals surface area (Å²) in [6.45, 7) is 2.82. The van der Waals surface area contributed by atoms with Crippen molar-refractivity contribution in [2.45, 2.75) is 25.8 Å². The van der Waals surface area contributed by atoms with Crippen LogP contribution in [-0.4, -0.2) is 45.9 Å². The molecule has 6 nitrogen and oxygen atoms in total. The van der Waals surface area contributed by atoms with Gasteiger partial charge in [-0.15, -0.1) is 11.3 Å². The number of thiophene rings is 1. The molecular weight excluding hydrogens is 324 g/mol. The molecule has 0 aromatic carbocycles. The van der Waals surface area contributed by atoms with Gasteiger partial charge in [0, 0.05) is 37.3 Å². The summed E-state index contributed by atoms with van der Waals surface area (Å²) in [4.78, 5) is 32.2. The van der Waals surface area contributed by atoms with Gasteiger partial charge in [-0.1, -0.05) is 6.07 Å². The molecule has 3 heterocycles. The first-order valence-electron chi connectivity index (χ1n) is 8.38. The van der Waals surface area contributed by atoms with Crippen LogP contribution in [-0.2, 0) is 13.0 Å². The van der Waals surface area contributed by atoms with Crippen LogP contribution in [0.4, 0.5) is 0 Å². The van der Waals surface area contributed by atoms with Crippen LogP contribution in [0.5, 0.6) is 0 Å². The van der Waals surface area contributed by atoms with E-state index in [2.05, 4.69) is 16.4 Å². The lowest BCUT2D eigenvalue weighted by atomic mass is 10.3. The van der Waals surface area contributed by atoms with Crippen molar-refractivity contribution in [3.63, 3.8) is 0 Å². The smallest absolute Gasteiger partial charge is 0.289 e. The number of carbonyl (C=O) groups excluding carboxylic acids is 2. The number of imidazole rings is 1. The Kier molecular flexibility index (Phi) is 4.10. The van der Waals surface area contributed by atoms with Crippen LogP contribution in [0, 0.1) is 5.92 Å². The third-order valence-electron chi connectivity index (χ3n) is 4.51. The van der Waals surface area contributed by atoms with Gasteiger partial charge in [0.2, 0.25) is 0 Å². The van der Waals surface area contributed by atoms with Crippen molar-refractivity contribution in [3.8, 4) is 0 Å². The first kappa shape index (κ1) is 15.4. The van der Waals surface area contributed by atoms with E-state index in [1.54, 1.807) is 22.1 Å². The number of nitrogens with zero attached hydrogens (tertiary/aromatic N) is 3. The van der Waals surface area contributed by atoms with Gasteiger partial charge in [0.25, 0.3) is 11.8 Å². The number of aromatic nitrogens is 2. The average molecular weight is 344 g/mol. The minimum atomic E-state index is -0.213. The largest absolute Gasteiger partial charge is 0.350 e. The van der Waals surface area contributed by atoms with E-state index >= 15 is 0 Å². The first-order chi connectivity index (χ1) is 11.7. The zero-order valence-corrected chi connectivity index (χ0v) is 14.2. The Morgan fingerprint density at radius 3 is 3.00 bits per heavy atom. The molecule has 1 aliphatic heterocycles. The number of fused-ring (bicyclic) bond motifs is 1. The summed E-state index contributed by atoms with van der Waals surface area (Å²) < 4.78 is 1.81. The van der Waals surface area contributed by atoms with E-state index in [1.165, 1.54) is 17.7 Å². The highest BCUT2D eigenvalue weighted by molar-refractivity contribution is 7.09. The molecular formula is C17H20N4O2S. The van der Waals surface area contributed by atoms with Crippen LogP contribution < -0.4 is 5.32 Å². The zero-order valence-electron chi connectivity index (χ0n) is 13.4. The molecule has 7 heteroatoms. The maximum absolute atomic E-state index is 12.5. The Morgan fingerprint density at radius 1 is 1.38 bits per heavy atom. The van der Waals surface area contributed by atoms with Crippen molar-refractivity contribution < 1.29 is 9.59 Å². The minimum absolute atomic E-state index is 0.0502. The van der Waals surface area contributed by atoms with Crippen LogP contribution in [0.3, 0.4) is 0 Å². The zero-order chi connectivity index (χ0) is 16.5. The van der Waals surface area contributed by atoms with Crippen molar-refractivity contribution >= 4 is 23.2 Å². The predicted octanol–water partition coefficient (Wildman–Crippen LogP) is 1.78. The third kappa shape index (κ3) is 3.21. The summed E-state index contributed by atoms with van der Waals surface area (Å²) in [6.07, 6.45) is 4.94. The van der Waals surface area contributed by atoms with E-state index in [9.17, 15) is 9.59 Å². The fourth-order valence-electron chi connectivity index (χ4n) is 2.97. The molecule has 1 saturated carbocycles. The fraction of sp³-hybridized carbons (Fsp3) is 0.471. The maximum Gasteiger partial charge on any atom is 0.289 e. The molecule has 2 aromatic heterocycles. The number of amides is 2. The molecule has 2 aromatic rings. The summed E-state index contributed by atoms with van der Waals surface area (Å²) in [7, 11) is 0. The Bertz CT molecular complexity index is 749. The molecule has 0 radical (unpaired) electrons. The Morgan fingerprint density at radius 2 is 2.25 bits per heavy atom. The molecule has 0 spiro atoms. The quantitative estimate of drug-likeness (QED) is 0.869. The van der Waals surface area contributed by atoms with Crippen LogP contribution in [0.25, 0.3) is 0 Å². The van der Waals surface area contributed by atoms with E-state index in [-0.39, 0.29) is 11.8 Å². The molecule has 2 amide bonds. The number of carbonyl (C=O) groups is 2. The van der Waals surface area contributed by atoms with Crippen molar-refractivity contribution in [1.29, 1.82) is 0 Å². The van der Waals surface area contributed by atoms with Gasteiger partial charge in [0.1, 0.15) is 5.69 Å². The Labute approximate surface area is 144 Å². The second kappa shape index (κ2) is 6.39. The third-order valence-corrected chi connectivity index (χ3v) is 5.45. The average Bonchev–Trinajstić information content (AvgIpc) is 3.07. The molecule has 2 aliphatic rings. The van der Waals surface area contributed by atoms with E-state index < -0.39 is 0 Å². The molecule has 1 aliphatic carbocycles. The van der Waals surface area contributed by atoms with Gasteiger partial charge >= 0.3 is 0 Å². The molecule has 0 bridgehead atoms. The molecule has 0 unspecified atom stereocenters. The van der Waals surface area contributed by atoms with Crippen molar-refractivity contribution in [2.24, 2.45) is 5.92 Å². The summed E-state index contributed by atoms with van der Waals surface area (Å²) in [5.74, 6) is 0.793. The lowest BCUT2D eigenvalue weighted by molar-refractivity contribution is 0.0688. The molecule has 126 valence electrons. The molecule has 4 rings (SSSR count). The predicted molar refractivity (Wildman–Crippen MR) is 91.2 cm³/mol. The van der Waals surface area contributed by atoms with E-state index in [0.29, 0.717) is 37.1 Å². The fourth-order valence-corrected chi connectivity index (χ4v) is 3.68. The minimum Gasteiger partial charge on any atom is -0.350 e. The number of hydrogen-bond donors (Lipinski definition) is 1. The van der Waals surface area contributed by atoms with Crippen LogP contribution >= 0.6 is 11.3 Å². The van der Waals surface area contributed by atoms with Crippen molar-refractivity contribution in [1.82, 2.24) is 19.8 Å². The van der Waals surface area contributed by atoms with Gasteiger partial charge in [-0.05, 0) is 36.6 Å². The summed E-state index contributed by atoms with van der Waals surface area (Å²) in [6, 6.07) is 4.06. The van der Waals surface area contributed by atoms with E-state index in [1.807, 2.05) is 16.3 Å². The molecule has 24 heavy (non-hydrogen) atoms. The SMILES string of the molecule is O=C(NCCc1cccs1)c1cn2c(n1)C(=O)N(CC1CC1)CC2. The highest BCUT2D eigenvalue weighted by atomic mass is 32.1. The van der Waals surface area contributed by atoms with Crippen molar-refractivity contribution in [3.05, 3.63) is 40.1 Å². The first-order valence-corrected chi connectivity index (χ1v) is 9.25. The van der Waals surface area contributed by atoms with Gasteiger partial charge in [0.15, 0.2) is 5.82 Å². The second-order valence-corrected chi connectivity index (χ2v) is 7.46. The topological polar surface area (TPSA) is 67.2 Å². The lowest BCUT2D eigenvalue weighted by Crippen LogP contribution is -2.41. The summed E-state index contributed by atoms with van der Waals surface area (Å²) in [5.41, 5.74) is 0.331. The number of hydrogen-bond acceptors (Lipinski definition) is 4. The van der Waals surface area contributed by atoms with Gasteiger partial charge < -0.3 is 14.8 Å². The number of rotatable bonds is 6. The highest BCUT2D eigenvalue weighted by Crippen LogP contribution is 2.30. The van der Waals surface area contributed by atoms with Crippen LogP contribution in [0.1, 0.15) is 38.8 Å². The van der Waals surface area contributed by atoms with Crippen LogP contribution in [0.15, 0.2) is 23.7 Å². The highest BCUT2D eigenvalue weighted by Gasteiger charge is 2.32. The molecule has 1 fully saturated rings. The molecule has 1 N–H and O–H groups in total. The standard InChI is InChI=1S/C17H20N4O2S/c22-16(18-6-5-13-2-1-9-24-13)14-11-20-7-8-21(10-12-3-4-12)17(23)15(20)19-14/h1-2,9,11-12H,3-8,10H2,(H,18,22). The summed E-state index contributed by atoms with van der Waals surface area (Å²) >= 11 is 1.68. The lowest BCUT2D eigenvalue weighted by Gasteiger charge is -2.27. The van der Waals surface area contributed by atoms with Crippen LogP contribution in [0.2, 0.25) is 0 Å². The molecule has 0 saturated heterocycles. The van der Waals surface area contributed by atoms with Crippen molar-refractivity contribution in [2.75, 3.05) is 19.6 Å². The van der Waals surface area contributed by atoms with Gasteiger partial charge in [0.05, 0.1) is 0 Å². The van der Waals surface area contributed by atoms with E-state index in [0.717, 1.165) is 13.0 Å². The van der Waals surface area contributed by atoms with Gasteiger partial charge in [-0.25, -0.2) is 4.98 Å². The van der Waals surface area contributed by atoms with E-state index in [4.69, 9.17) is 0 Å². The van der Waals surface area contributed by atoms with Gasteiger partial charge in [-0.2, -0.15) is 0 Å². The maximum atomic E-state index is 12.5. The summed E-state index contributed by atoms with van der Waals surface area (Å²) in [5, 5.41) is 4.91. The number of nitrogens with one attached hydrogen (secondary N) is 1. The normalized spacial score (nSPS) is 17.0. The molecule has 0 atom stereocenters. The second-order valence-electron chi connectivity index (χ2n) is 6.42.